The van der Waals surface area contributed by atoms with Gasteiger partial charge in [0.1, 0.15) is 0 Å². The molecule has 0 saturated heterocycles. The molecule has 1 rings (SSSR count). The number of hydrogen-bond donors (Lipinski definition) is 1. The van der Waals surface area contributed by atoms with Crippen molar-refractivity contribution < 1.29 is 8.78 Å². The van der Waals surface area contributed by atoms with Crippen LogP contribution in [0, 0.1) is 0 Å². The highest BCUT2D eigenvalue weighted by atomic mass is 35.5. The highest BCUT2D eigenvalue weighted by Crippen LogP contribution is 2.25. The van der Waals surface area contributed by atoms with Gasteiger partial charge in [0.15, 0.2) is 0 Å². The molecule has 0 aromatic heterocycles. The first-order valence-corrected chi connectivity index (χ1v) is 6.35. The normalized spacial score (nSPS) is 12.8. The van der Waals surface area contributed by atoms with Gasteiger partial charge in [-0.3, -0.25) is 0 Å². The van der Waals surface area contributed by atoms with Gasteiger partial charge in [-0.25, -0.2) is 8.78 Å². The van der Waals surface area contributed by atoms with Gasteiger partial charge in [0, 0.05) is 23.8 Å². The third-order valence-corrected chi connectivity index (χ3v) is 3.11. The Morgan fingerprint density at radius 1 is 1.39 bits per heavy atom. The molecule has 5 heteroatoms. The van der Waals surface area contributed by atoms with Crippen LogP contribution in [0.1, 0.15) is 18.9 Å². The zero-order valence-corrected chi connectivity index (χ0v) is 11.4. The van der Waals surface area contributed by atoms with Crippen molar-refractivity contribution in [2.24, 2.45) is 5.73 Å². The average Bonchev–Trinajstić information content (AvgIpc) is 2.27. The van der Waals surface area contributed by atoms with Gasteiger partial charge in [0.05, 0.1) is 6.54 Å². The molecule has 102 valence electrons. The summed E-state index contributed by atoms with van der Waals surface area (Å²) in [5.41, 5.74) is 7.60. The summed E-state index contributed by atoms with van der Waals surface area (Å²) in [6.07, 6.45) is -0.886. The Labute approximate surface area is 112 Å². The zero-order chi connectivity index (χ0) is 13.7. The first-order valence-electron chi connectivity index (χ1n) is 5.97. The van der Waals surface area contributed by atoms with Gasteiger partial charge in [-0.2, -0.15) is 0 Å². The van der Waals surface area contributed by atoms with Crippen LogP contribution in [-0.2, 0) is 6.42 Å². The van der Waals surface area contributed by atoms with E-state index < -0.39 is 6.43 Å². The molecule has 0 heterocycles. The minimum atomic E-state index is -2.36. The SMILES string of the molecule is CCC(N)Cc1cc(Cl)ccc1N(C)CC(F)F. The smallest absolute Gasteiger partial charge is 0.255 e. The Balaban J connectivity index is 2.95. The Hall–Kier alpha value is -0.870. The Bertz CT molecular complexity index is 385. The average molecular weight is 277 g/mol. The molecule has 0 radical (unpaired) electrons. The second-order valence-electron chi connectivity index (χ2n) is 4.42. The maximum absolute atomic E-state index is 12.4. The molecule has 0 spiro atoms. The van der Waals surface area contributed by atoms with Crippen LogP contribution in [0.25, 0.3) is 0 Å². The lowest BCUT2D eigenvalue weighted by atomic mass is 10.0. The maximum Gasteiger partial charge on any atom is 0.255 e. The minimum Gasteiger partial charge on any atom is -0.369 e. The van der Waals surface area contributed by atoms with E-state index in [1.807, 2.05) is 6.92 Å². The van der Waals surface area contributed by atoms with Crippen LogP contribution in [0.5, 0.6) is 0 Å². The van der Waals surface area contributed by atoms with Crippen molar-refractivity contribution in [3.63, 3.8) is 0 Å². The van der Waals surface area contributed by atoms with Crippen molar-refractivity contribution in [2.45, 2.75) is 32.2 Å². The predicted octanol–water partition coefficient (Wildman–Crippen LogP) is 3.32. The molecule has 0 aliphatic carbocycles. The van der Waals surface area contributed by atoms with E-state index in [0.29, 0.717) is 11.4 Å². The molecule has 1 unspecified atom stereocenters. The number of alkyl halides is 2. The molecule has 0 aliphatic heterocycles. The van der Waals surface area contributed by atoms with Gasteiger partial charge in [0.2, 0.25) is 0 Å². The number of anilines is 1. The third kappa shape index (κ3) is 4.42. The highest BCUT2D eigenvalue weighted by Gasteiger charge is 2.14. The van der Waals surface area contributed by atoms with Crippen LogP contribution in [-0.4, -0.2) is 26.1 Å². The van der Waals surface area contributed by atoms with Gasteiger partial charge in [0.25, 0.3) is 6.43 Å². The lowest BCUT2D eigenvalue weighted by Crippen LogP contribution is -2.27. The van der Waals surface area contributed by atoms with Crippen molar-refractivity contribution in [1.82, 2.24) is 0 Å². The molecule has 1 aromatic rings. The van der Waals surface area contributed by atoms with Crippen LogP contribution in [0.15, 0.2) is 18.2 Å². The van der Waals surface area contributed by atoms with Gasteiger partial charge in [-0.15, -0.1) is 0 Å². The molecule has 2 N–H and O–H groups in total. The first kappa shape index (κ1) is 15.2. The van der Waals surface area contributed by atoms with E-state index in [9.17, 15) is 8.78 Å². The first-order chi connectivity index (χ1) is 8.43. The maximum atomic E-state index is 12.4. The summed E-state index contributed by atoms with van der Waals surface area (Å²) in [6, 6.07) is 5.29. The van der Waals surface area contributed by atoms with Crippen molar-refractivity contribution in [3.05, 3.63) is 28.8 Å². The summed E-state index contributed by atoms with van der Waals surface area (Å²) < 4.78 is 24.8. The lowest BCUT2D eigenvalue weighted by Gasteiger charge is -2.23. The molecule has 2 nitrogen and oxygen atoms in total. The van der Waals surface area contributed by atoms with E-state index >= 15 is 0 Å². The topological polar surface area (TPSA) is 29.3 Å². The second-order valence-corrected chi connectivity index (χ2v) is 4.85. The van der Waals surface area contributed by atoms with E-state index in [2.05, 4.69) is 0 Å². The molecule has 0 bridgehead atoms. The van der Waals surface area contributed by atoms with E-state index in [4.69, 9.17) is 17.3 Å². The standard InChI is InChI=1S/C13H19ClF2N2/c1-3-11(17)7-9-6-10(14)4-5-12(9)18(2)8-13(15)16/h4-6,11,13H,3,7-8,17H2,1-2H3. The fourth-order valence-electron chi connectivity index (χ4n) is 1.82. The van der Waals surface area contributed by atoms with Gasteiger partial charge < -0.3 is 10.6 Å². The van der Waals surface area contributed by atoms with Crippen LogP contribution in [0.4, 0.5) is 14.5 Å². The van der Waals surface area contributed by atoms with Gasteiger partial charge in [-0.05, 0) is 36.6 Å². The zero-order valence-electron chi connectivity index (χ0n) is 10.7. The number of nitrogens with zero attached hydrogens (tertiary/aromatic N) is 1. The van der Waals surface area contributed by atoms with Crippen LogP contribution < -0.4 is 10.6 Å². The van der Waals surface area contributed by atoms with Gasteiger partial charge >= 0.3 is 0 Å². The molecule has 0 fully saturated rings. The molecule has 0 aliphatic rings. The minimum absolute atomic E-state index is 0.0159. The van der Waals surface area contributed by atoms with E-state index in [1.54, 1.807) is 30.1 Å². The summed E-state index contributed by atoms with van der Waals surface area (Å²) in [6.45, 7) is 1.70. The number of halogens is 3. The summed E-state index contributed by atoms with van der Waals surface area (Å²) in [4.78, 5) is 1.54. The molecular weight excluding hydrogens is 258 g/mol. The van der Waals surface area contributed by atoms with Crippen molar-refractivity contribution in [1.29, 1.82) is 0 Å². The van der Waals surface area contributed by atoms with Crippen LogP contribution in [0.3, 0.4) is 0 Å². The van der Waals surface area contributed by atoms with Crippen LogP contribution in [0.2, 0.25) is 5.02 Å². The van der Waals surface area contributed by atoms with E-state index in [0.717, 1.165) is 17.7 Å². The number of rotatable bonds is 6. The molecular formula is C13H19ClF2N2. The Morgan fingerprint density at radius 2 is 2.06 bits per heavy atom. The van der Waals surface area contributed by atoms with Gasteiger partial charge in [-0.1, -0.05) is 18.5 Å². The molecule has 1 aromatic carbocycles. The van der Waals surface area contributed by atoms with Crippen molar-refractivity contribution >= 4 is 17.3 Å². The monoisotopic (exact) mass is 276 g/mol. The summed E-state index contributed by atoms with van der Waals surface area (Å²) in [5, 5.41) is 0.600. The quantitative estimate of drug-likeness (QED) is 0.864. The Morgan fingerprint density at radius 3 is 2.61 bits per heavy atom. The summed E-state index contributed by atoms with van der Waals surface area (Å²) in [5.74, 6) is 0. The predicted molar refractivity (Wildman–Crippen MR) is 72.7 cm³/mol. The summed E-state index contributed by atoms with van der Waals surface area (Å²) in [7, 11) is 1.65. The largest absolute Gasteiger partial charge is 0.369 e. The fraction of sp³-hybridized carbons (Fsp3) is 0.538. The van der Waals surface area contributed by atoms with E-state index in [1.165, 1.54) is 0 Å². The van der Waals surface area contributed by atoms with Crippen LogP contribution >= 0.6 is 11.6 Å². The Kier molecular flexibility index (Phi) is 5.82. The van der Waals surface area contributed by atoms with Crippen molar-refractivity contribution in [2.75, 3.05) is 18.5 Å². The number of hydrogen-bond acceptors (Lipinski definition) is 2. The molecule has 0 amide bonds. The number of benzene rings is 1. The highest BCUT2D eigenvalue weighted by molar-refractivity contribution is 6.30. The summed E-state index contributed by atoms with van der Waals surface area (Å²) >= 11 is 5.95. The molecule has 1 atom stereocenters. The fourth-order valence-corrected chi connectivity index (χ4v) is 2.02. The molecule has 18 heavy (non-hydrogen) atoms. The third-order valence-electron chi connectivity index (χ3n) is 2.87. The second kappa shape index (κ2) is 6.90. The number of nitrogens with two attached hydrogens (primary N) is 1. The van der Waals surface area contributed by atoms with E-state index in [-0.39, 0.29) is 12.6 Å². The van der Waals surface area contributed by atoms with Crippen molar-refractivity contribution in [3.8, 4) is 0 Å². The molecule has 0 saturated carbocycles. The lowest BCUT2D eigenvalue weighted by molar-refractivity contribution is 0.156.